The van der Waals surface area contributed by atoms with Gasteiger partial charge in [0.1, 0.15) is 11.5 Å². The van der Waals surface area contributed by atoms with Gasteiger partial charge in [0.2, 0.25) is 0 Å². The highest BCUT2D eigenvalue weighted by atomic mass is 35.5. The van der Waals surface area contributed by atoms with Crippen LogP contribution in [0.2, 0.25) is 10.0 Å². The van der Waals surface area contributed by atoms with Crippen LogP contribution in [0.4, 0.5) is 0 Å². The molecule has 0 fully saturated rings. The zero-order chi connectivity index (χ0) is 14.4. The van der Waals surface area contributed by atoms with E-state index in [4.69, 9.17) is 23.2 Å². The van der Waals surface area contributed by atoms with E-state index in [0.29, 0.717) is 19.8 Å². The van der Waals surface area contributed by atoms with E-state index in [1.807, 2.05) is 0 Å². The monoisotopic (exact) mass is 314 g/mol. The molecule has 2 aromatic carbocycles. The minimum atomic E-state index is 0.110. The predicted octanol–water partition coefficient (Wildman–Crippen LogP) is 5.36. The fraction of sp³-hybridized carbons (Fsp3) is 0. The quantitative estimate of drug-likeness (QED) is 0.733. The average molecular weight is 315 g/mol. The van der Waals surface area contributed by atoms with Crippen LogP contribution in [0.1, 0.15) is 0 Å². The fourth-order valence-electron chi connectivity index (χ4n) is 1.26. The van der Waals surface area contributed by atoms with Crippen molar-refractivity contribution in [2.75, 3.05) is 0 Å². The first-order valence-corrected chi connectivity index (χ1v) is 6.78. The minimum Gasteiger partial charge on any atom is -0.507 e. The Kier molecular flexibility index (Phi) is 6.09. The van der Waals surface area contributed by atoms with Gasteiger partial charge in [-0.1, -0.05) is 35.0 Å². The maximum Gasteiger partial charge on any atom is 0.129 e. The number of phenols is 2. The standard InChI is InChI=1S/C12H8Cl2O2S.C2H4/c13-7-1-3-9(15)11(5-7)17-12-6-8(14)2-4-10(12)16;1-2/h1-6,15-16H;1-2H2. The van der Waals surface area contributed by atoms with Crippen LogP contribution in [0.25, 0.3) is 0 Å². The van der Waals surface area contributed by atoms with E-state index in [0.717, 1.165) is 0 Å². The molecule has 0 saturated carbocycles. The number of hydrogen-bond acceptors (Lipinski definition) is 3. The molecule has 0 aromatic heterocycles. The van der Waals surface area contributed by atoms with E-state index in [9.17, 15) is 10.2 Å². The Morgan fingerprint density at radius 3 is 1.53 bits per heavy atom. The molecule has 19 heavy (non-hydrogen) atoms. The van der Waals surface area contributed by atoms with Crippen LogP contribution >= 0.6 is 35.0 Å². The number of phenolic OH excluding ortho intramolecular Hbond substituents is 2. The van der Waals surface area contributed by atoms with Gasteiger partial charge in [0.05, 0.1) is 9.79 Å². The first-order chi connectivity index (χ1) is 9.06. The van der Waals surface area contributed by atoms with Gasteiger partial charge in [-0.2, -0.15) is 0 Å². The molecule has 0 heterocycles. The van der Waals surface area contributed by atoms with Gasteiger partial charge in [0.15, 0.2) is 0 Å². The Hall–Kier alpha value is -1.29. The Morgan fingerprint density at radius 1 is 0.789 bits per heavy atom. The van der Waals surface area contributed by atoms with Gasteiger partial charge in [-0.3, -0.25) is 0 Å². The minimum absolute atomic E-state index is 0.110. The molecule has 0 unspecified atom stereocenters. The van der Waals surface area contributed by atoms with Crippen LogP contribution in [0.5, 0.6) is 11.5 Å². The molecule has 0 radical (unpaired) electrons. The lowest BCUT2D eigenvalue weighted by molar-refractivity contribution is 0.460. The van der Waals surface area contributed by atoms with Crippen molar-refractivity contribution in [3.63, 3.8) is 0 Å². The second-order valence-electron chi connectivity index (χ2n) is 3.33. The van der Waals surface area contributed by atoms with Crippen LogP contribution < -0.4 is 0 Å². The van der Waals surface area contributed by atoms with Gasteiger partial charge in [-0.05, 0) is 36.4 Å². The van der Waals surface area contributed by atoms with Crippen LogP contribution in [-0.2, 0) is 0 Å². The summed E-state index contributed by atoms with van der Waals surface area (Å²) in [6.45, 7) is 6.00. The molecule has 100 valence electrons. The molecule has 0 aliphatic heterocycles. The van der Waals surface area contributed by atoms with Gasteiger partial charge >= 0.3 is 0 Å². The van der Waals surface area contributed by atoms with Gasteiger partial charge in [-0.15, -0.1) is 13.2 Å². The van der Waals surface area contributed by atoms with E-state index in [1.165, 1.54) is 23.9 Å². The summed E-state index contributed by atoms with van der Waals surface area (Å²) in [4.78, 5) is 1.13. The summed E-state index contributed by atoms with van der Waals surface area (Å²) in [5.74, 6) is 0.220. The second kappa shape index (κ2) is 7.34. The molecular weight excluding hydrogens is 303 g/mol. The highest BCUT2D eigenvalue weighted by Crippen LogP contribution is 2.40. The molecule has 0 spiro atoms. The van der Waals surface area contributed by atoms with Crippen molar-refractivity contribution >= 4 is 35.0 Å². The fourth-order valence-corrected chi connectivity index (χ4v) is 2.69. The molecule has 0 aliphatic rings. The Labute approximate surface area is 126 Å². The topological polar surface area (TPSA) is 40.5 Å². The normalized spacial score (nSPS) is 9.58. The predicted molar refractivity (Wildman–Crippen MR) is 81.6 cm³/mol. The van der Waals surface area contributed by atoms with Crippen molar-refractivity contribution in [1.82, 2.24) is 0 Å². The van der Waals surface area contributed by atoms with E-state index < -0.39 is 0 Å². The third-order valence-corrected chi connectivity index (χ3v) is 3.63. The molecule has 0 aliphatic carbocycles. The lowest BCUT2D eigenvalue weighted by atomic mass is 10.3. The summed E-state index contributed by atoms with van der Waals surface area (Å²) >= 11 is 12.9. The lowest BCUT2D eigenvalue weighted by Crippen LogP contribution is -1.78. The SMILES string of the molecule is C=C.Oc1ccc(Cl)cc1Sc1cc(Cl)ccc1O. The van der Waals surface area contributed by atoms with Gasteiger partial charge in [-0.25, -0.2) is 0 Å². The van der Waals surface area contributed by atoms with Crippen LogP contribution in [0.3, 0.4) is 0 Å². The molecule has 0 amide bonds. The Balaban J connectivity index is 0.000000861. The zero-order valence-electron chi connectivity index (χ0n) is 9.94. The van der Waals surface area contributed by atoms with Crippen LogP contribution in [0.15, 0.2) is 59.3 Å². The van der Waals surface area contributed by atoms with Crippen molar-refractivity contribution in [2.24, 2.45) is 0 Å². The van der Waals surface area contributed by atoms with Crippen molar-refractivity contribution in [3.8, 4) is 11.5 Å². The van der Waals surface area contributed by atoms with E-state index in [2.05, 4.69) is 13.2 Å². The zero-order valence-corrected chi connectivity index (χ0v) is 12.3. The number of hydrogen-bond donors (Lipinski definition) is 2. The smallest absolute Gasteiger partial charge is 0.129 e. The molecule has 0 atom stereocenters. The number of benzene rings is 2. The molecular formula is C14H12Cl2O2S. The lowest BCUT2D eigenvalue weighted by Gasteiger charge is -2.07. The summed E-state index contributed by atoms with van der Waals surface area (Å²) in [7, 11) is 0. The van der Waals surface area contributed by atoms with E-state index in [-0.39, 0.29) is 11.5 Å². The molecule has 5 heteroatoms. The number of halogens is 2. The summed E-state index contributed by atoms with van der Waals surface area (Å²) in [6, 6.07) is 9.46. The molecule has 2 N–H and O–H groups in total. The Morgan fingerprint density at radius 2 is 1.16 bits per heavy atom. The summed E-state index contributed by atoms with van der Waals surface area (Å²) in [5, 5.41) is 20.4. The molecule has 0 saturated heterocycles. The number of aromatic hydroxyl groups is 2. The molecule has 2 rings (SSSR count). The maximum absolute atomic E-state index is 9.66. The number of rotatable bonds is 2. The first-order valence-electron chi connectivity index (χ1n) is 5.21. The van der Waals surface area contributed by atoms with Gasteiger partial charge in [0, 0.05) is 10.0 Å². The summed E-state index contributed by atoms with van der Waals surface area (Å²) < 4.78 is 0. The highest BCUT2D eigenvalue weighted by molar-refractivity contribution is 7.99. The Bertz CT molecular complexity index is 524. The van der Waals surface area contributed by atoms with Crippen molar-refractivity contribution in [1.29, 1.82) is 0 Å². The van der Waals surface area contributed by atoms with Crippen molar-refractivity contribution in [2.45, 2.75) is 9.79 Å². The maximum atomic E-state index is 9.66. The first kappa shape index (κ1) is 15.8. The highest BCUT2D eigenvalue weighted by Gasteiger charge is 2.08. The van der Waals surface area contributed by atoms with E-state index in [1.54, 1.807) is 24.3 Å². The third kappa shape index (κ3) is 4.39. The molecule has 0 bridgehead atoms. The summed E-state index contributed by atoms with van der Waals surface area (Å²) in [5.41, 5.74) is 0. The van der Waals surface area contributed by atoms with Crippen molar-refractivity contribution in [3.05, 3.63) is 59.6 Å². The van der Waals surface area contributed by atoms with Crippen LogP contribution in [-0.4, -0.2) is 10.2 Å². The molecule has 2 nitrogen and oxygen atoms in total. The average Bonchev–Trinajstić information content (AvgIpc) is 2.40. The second-order valence-corrected chi connectivity index (χ2v) is 5.28. The van der Waals surface area contributed by atoms with E-state index >= 15 is 0 Å². The van der Waals surface area contributed by atoms with Gasteiger partial charge in [0.25, 0.3) is 0 Å². The van der Waals surface area contributed by atoms with Gasteiger partial charge < -0.3 is 10.2 Å². The molecule has 2 aromatic rings. The van der Waals surface area contributed by atoms with Crippen molar-refractivity contribution < 1.29 is 10.2 Å². The largest absolute Gasteiger partial charge is 0.507 e. The van der Waals surface area contributed by atoms with Crippen LogP contribution in [0, 0.1) is 0 Å². The third-order valence-electron chi connectivity index (χ3n) is 2.06. The summed E-state index contributed by atoms with van der Waals surface area (Å²) in [6.07, 6.45) is 0.